The first kappa shape index (κ1) is 44.4. The Balaban J connectivity index is 0.968. The zero-order chi connectivity index (χ0) is 47.8. The van der Waals surface area contributed by atoms with Crippen molar-refractivity contribution in [2.45, 2.75) is 109 Å². The van der Waals surface area contributed by atoms with Gasteiger partial charge in [-0.1, -0.05) is 46.1 Å². The zero-order valence-corrected chi connectivity index (χ0v) is 43.2. The number of rotatable bonds is 8. The van der Waals surface area contributed by atoms with Crippen molar-refractivity contribution in [3.63, 3.8) is 0 Å². The van der Waals surface area contributed by atoms with Crippen LogP contribution in [-0.2, 0) is 37.6 Å². The third kappa shape index (κ3) is 7.69. The van der Waals surface area contributed by atoms with E-state index in [1.807, 2.05) is 12.3 Å². The van der Waals surface area contributed by atoms with Gasteiger partial charge in [-0.05, 0) is 41.4 Å². The normalized spacial score (nSPS) is 15.5. The molecule has 5 nitrogen and oxygen atoms in total. The van der Waals surface area contributed by atoms with Gasteiger partial charge in [-0.2, -0.15) is 0 Å². The first-order chi connectivity index (χ1) is 34.8. The topological polar surface area (TPSA) is 36.9 Å². The second-order valence-corrected chi connectivity index (χ2v) is 22.3. The first-order valence-electron chi connectivity index (χ1n) is 26.0. The summed E-state index contributed by atoms with van der Waals surface area (Å²) in [6, 6.07) is 60.9. The minimum atomic E-state index is -0.0277. The summed E-state index contributed by atoms with van der Waals surface area (Å²) in [5.74, 6) is 3.38. The molecule has 3 aliphatic carbocycles. The van der Waals surface area contributed by atoms with Crippen molar-refractivity contribution in [1.29, 1.82) is 0 Å². The number of ether oxygens (including phenoxy) is 1. The summed E-state index contributed by atoms with van der Waals surface area (Å²) in [6.45, 7) is 6.78. The molecule has 13 rings (SSSR count). The van der Waals surface area contributed by atoms with Gasteiger partial charge in [0.2, 0.25) is 0 Å². The van der Waals surface area contributed by atoms with E-state index in [9.17, 15) is 0 Å². The van der Waals surface area contributed by atoms with Crippen LogP contribution in [-0.4, -0.2) is 18.7 Å². The monoisotopic (exact) mass is 1110 g/mol. The first-order valence-corrected chi connectivity index (χ1v) is 27.1. The maximum absolute atomic E-state index is 6.87. The number of para-hydroxylation sites is 2. The molecule has 3 heterocycles. The van der Waals surface area contributed by atoms with E-state index in [0.29, 0.717) is 23.3 Å². The fraction of sp³-hybridized carbons (Fsp3) is 0.262. The molecule has 3 aromatic heterocycles. The Morgan fingerprint density at radius 2 is 1.21 bits per heavy atom. The van der Waals surface area contributed by atoms with E-state index in [-0.39, 0.29) is 5.41 Å². The Labute approximate surface area is 428 Å². The van der Waals surface area contributed by atoms with Gasteiger partial charge in [-0.25, -0.2) is 0 Å². The van der Waals surface area contributed by atoms with Crippen LogP contribution in [0.15, 0.2) is 152 Å². The number of nitrogens with zero attached hydrogens (tertiary/aromatic N) is 4. The Bertz CT molecular complexity index is 3660. The average molecular weight is 1110 g/mol. The van der Waals surface area contributed by atoms with Crippen LogP contribution in [0.5, 0.6) is 11.5 Å². The molecule has 1 saturated carbocycles. The van der Waals surface area contributed by atoms with Gasteiger partial charge in [-0.15, -0.1) is 0 Å². The summed E-state index contributed by atoms with van der Waals surface area (Å²) in [5, 5.41) is 2.39. The van der Waals surface area contributed by atoms with Crippen LogP contribution >= 0.6 is 0 Å². The molecular weight excluding hydrogens is 1050 g/mol. The molecule has 3 aliphatic rings. The Hall–Kier alpha value is -6.55. The number of pyridine rings is 1. The predicted molar refractivity (Wildman–Crippen MR) is 286 cm³/mol. The number of benzene rings is 7. The number of hydrogen-bond acceptors (Lipinski definition) is 2. The maximum atomic E-state index is 6.87. The van der Waals surface area contributed by atoms with Gasteiger partial charge in [0, 0.05) is 6.20 Å². The number of imidazole rings is 1. The Morgan fingerprint density at radius 3 is 1.90 bits per heavy atom. The van der Waals surface area contributed by atoms with Crippen LogP contribution in [0.3, 0.4) is 0 Å². The molecule has 0 amide bonds. The van der Waals surface area contributed by atoms with Crippen molar-refractivity contribution in [3.05, 3.63) is 196 Å². The number of aromatic nitrogens is 4. The van der Waals surface area contributed by atoms with E-state index >= 15 is 0 Å². The molecule has 0 radical (unpaired) electrons. The summed E-state index contributed by atoms with van der Waals surface area (Å²) in [4.78, 5) is 5.00. The van der Waals surface area contributed by atoms with E-state index in [2.05, 4.69) is 205 Å². The third-order valence-electron chi connectivity index (χ3n) is 16.0. The van der Waals surface area contributed by atoms with Gasteiger partial charge >= 0.3 is 337 Å². The van der Waals surface area contributed by atoms with Gasteiger partial charge < -0.3 is 0 Å². The van der Waals surface area contributed by atoms with Crippen molar-refractivity contribution in [2.75, 3.05) is 0 Å². The van der Waals surface area contributed by atoms with Crippen molar-refractivity contribution >= 4 is 32.8 Å². The summed E-state index contributed by atoms with van der Waals surface area (Å²) >= 11 is 2.58. The third-order valence-corrected chi connectivity index (χ3v) is 17.0. The second kappa shape index (κ2) is 17.9. The van der Waals surface area contributed by atoms with Crippen LogP contribution < -0.4 is 4.74 Å². The molecule has 356 valence electrons. The van der Waals surface area contributed by atoms with Crippen molar-refractivity contribution < 1.29 is 24.1 Å². The SMILES string of the molecule is CC(C)(C)c1ccnc(-n2c3[c-]c(Oc4[c-]c(-n5[c](=[Pt])n(-c6c(-c7ccccc7)c7c8c(c6-c6ccccc6)CCCC8CCC7)c6ccccc65)ccc4)ccc3c3cc(C4CCCCC4)ccc32)c1. The molecule has 0 unspecified atom stereocenters. The van der Waals surface area contributed by atoms with Gasteiger partial charge in [0.15, 0.2) is 0 Å². The predicted octanol–water partition coefficient (Wildman–Crippen LogP) is 16.8. The van der Waals surface area contributed by atoms with E-state index in [1.165, 1.54) is 102 Å². The molecule has 1 fully saturated rings. The average Bonchev–Trinajstić information content (AvgIpc) is 3.89. The quantitative estimate of drug-likeness (QED) is 0.142. The van der Waals surface area contributed by atoms with Crippen LogP contribution in [0.1, 0.15) is 118 Å². The standard InChI is InChI=1S/C65H58N4O.Pt/c1-65(2,3)48-36-37-66-60(39-48)69-56-35-32-47(43-18-7-4-8-19-43)38-55(56)52-34-33-51(41-59(52)69)70-50-27-17-26-49(40-50)67-42-68(58-31-14-13-30-57(58)67)64-62(45-20-9-5-10-21-45)53-28-15-24-44-25-16-29-54(61(44)53)63(64)46-22-11-6-12-23-46;/h5-6,9-14,17,20-23,26-27,30-39,43-44H,4,7-8,15-16,18-19,24-25,28-29H2,1-3H3;/q-2;. The van der Waals surface area contributed by atoms with Gasteiger partial charge in [0.1, 0.15) is 0 Å². The van der Waals surface area contributed by atoms with Crippen LogP contribution in [0.25, 0.3) is 72.3 Å². The number of hydrogen-bond donors (Lipinski definition) is 0. The van der Waals surface area contributed by atoms with Crippen LogP contribution in [0, 0.1) is 15.9 Å². The van der Waals surface area contributed by atoms with E-state index in [0.717, 1.165) is 55.6 Å². The van der Waals surface area contributed by atoms with Gasteiger partial charge in [0.25, 0.3) is 0 Å². The van der Waals surface area contributed by atoms with E-state index in [4.69, 9.17) is 9.72 Å². The van der Waals surface area contributed by atoms with Gasteiger partial charge in [-0.3, -0.25) is 0 Å². The van der Waals surface area contributed by atoms with Crippen molar-refractivity contribution in [1.82, 2.24) is 18.7 Å². The Morgan fingerprint density at radius 1 is 0.563 bits per heavy atom. The fourth-order valence-corrected chi connectivity index (χ4v) is 13.7. The summed E-state index contributed by atoms with van der Waals surface area (Å²) in [6.07, 6.45) is 15.6. The number of fused-ring (bicyclic) bond motifs is 4. The van der Waals surface area contributed by atoms with E-state index < -0.39 is 0 Å². The molecule has 10 aromatic rings. The molecule has 0 N–H and O–H groups in total. The van der Waals surface area contributed by atoms with E-state index in [1.54, 1.807) is 16.7 Å². The molecule has 0 atom stereocenters. The van der Waals surface area contributed by atoms with Crippen molar-refractivity contribution in [2.24, 2.45) is 0 Å². The molecule has 0 saturated heterocycles. The van der Waals surface area contributed by atoms with Gasteiger partial charge in [0.05, 0.1) is 0 Å². The Kier molecular flexibility index (Phi) is 11.2. The van der Waals surface area contributed by atoms with Crippen LogP contribution in [0.4, 0.5) is 0 Å². The fourth-order valence-electron chi connectivity index (χ4n) is 12.6. The molecule has 71 heavy (non-hydrogen) atoms. The minimum absolute atomic E-state index is 0.0277. The summed E-state index contributed by atoms with van der Waals surface area (Å²) in [5.41, 5.74) is 19.2. The second-order valence-electron chi connectivity index (χ2n) is 21.3. The molecule has 7 aromatic carbocycles. The molecule has 6 heteroatoms. The molecule has 0 aliphatic heterocycles. The van der Waals surface area contributed by atoms with Crippen LogP contribution in [0.2, 0.25) is 0 Å². The molecule has 0 bridgehead atoms. The summed E-state index contributed by atoms with van der Waals surface area (Å²) in [7, 11) is 0. The summed E-state index contributed by atoms with van der Waals surface area (Å²) < 4.78 is 15.2. The zero-order valence-electron chi connectivity index (χ0n) is 40.9. The molecular formula is C65H58N4OPt-2. The molecule has 0 spiro atoms. The van der Waals surface area contributed by atoms with Crippen molar-refractivity contribution in [3.8, 4) is 50.9 Å².